The summed E-state index contributed by atoms with van der Waals surface area (Å²) < 4.78 is 84.7. The second kappa shape index (κ2) is 14.3. The standard InChI is InChI=1S/C16H16F6N6OS.C5H11NO.C2H6/c17-15(18,19)14(29,16(20,21)22)10-7-25-13(26-8-10)27-3-5-28(6-4-27)30-11-1-2-12(23)24-9-11;1-6-2-4-7-5-3-6;1-2/h1-2,7-9,29H,3-6H2,(H2,23,24);2-5H2,1H3;1-2H3. The minimum atomic E-state index is -5.98. The summed E-state index contributed by atoms with van der Waals surface area (Å²) in [4.78, 5) is 16.0. The number of halogens is 6. The number of aliphatic hydroxyl groups is 1. The summed E-state index contributed by atoms with van der Waals surface area (Å²) in [6.07, 6.45) is -9.63. The zero-order valence-electron chi connectivity index (χ0n) is 21.8. The zero-order chi connectivity index (χ0) is 29.3. The van der Waals surface area contributed by atoms with Gasteiger partial charge in [-0.05, 0) is 31.1 Å². The SMILES string of the molecule is CC.CN1CCOCC1.Nc1ccc(SN2CCN(c3ncc(C(O)(C(F)(F)F)C(F)(F)F)cn3)CC2)cn1. The van der Waals surface area contributed by atoms with E-state index in [0.29, 0.717) is 44.4 Å². The lowest BCUT2D eigenvalue weighted by molar-refractivity contribution is -0.376. The Morgan fingerprint density at radius 3 is 1.79 bits per heavy atom. The van der Waals surface area contributed by atoms with Crippen molar-refractivity contribution >= 4 is 23.7 Å². The van der Waals surface area contributed by atoms with E-state index in [1.165, 1.54) is 11.9 Å². The Morgan fingerprint density at radius 2 is 1.38 bits per heavy atom. The van der Waals surface area contributed by atoms with Gasteiger partial charge in [0.1, 0.15) is 5.82 Å². The smallest absolute Gasteiger partial charge is 0.384 e. The van der Waals surface area contributed by atoms with E-state index < -0.39 is 23.5 Å². The van der Waals surface area contributed by atoms with E-state index in [9.17, 15) is 31.4 Å². The molecule has 4 rings (SSSR count). The number of hydrogen-bond acceptors (Lipinski definition) is 10. The van der Waals surface area contributed by atoms with Crippen LogP contribution in [0, 0.1) is 0 Å². The molecule has 3 N–H and O–H groups in total. The van der Waals surface area contributed by atoms with Crippen molar-refractivity contribution in [2.45, 2.75) is 36.7 Å². The van der Waals surface area contributed by atoms with Gasteiger partial charge >= 0.3 is 12.4 Å². The number of aromatic nitrogens is 3. The van der Waals surface area contributed by atoms with Crippen LogP contribution < -0.4 is 10.6 Å². The van der Waals surface area contributed by atoms with E-state index in [-0.39, 0.29) is 5.95 Å². The highest BCUT2D eigenvalue weighted by molar-refractivity contribution is 7.97. The highest BCUT2D eigenvalue weighted by Gasteiger charge is 2.71. The molecule has 2 aliphatic rings. The Kier molecular flexibility index (Phi) is 12.0. The van der Waals surface area contributed by atoms with E-state index in [2.05, 4.69) is 26.9 Å². The van der Waals surface area contributed by atoms with Crippen molar-refractivity contribution in [3.05, 3.63) is 36.3 Å². The fourth-order valence-electron chi connectivity index (χ4n) is 3.39. The molecule has 2 aromatic heterocycles. The Hall–Kier alpha value is -2.40. The molecule has 2 saturated heterocycles. The number of hydrogen-bond donors (Lipinski definition) is 2. The summed E-state index contributed by atoms with van der Waals surface area (Å²) in [7, 11) is 2.11. The van der Waals surface area contributed by atoms with Crippen molar-refractivity contribution in [3.8, 4) is 0 Å². The van der Waals surface area contributed by atoms with Crippen LogP contribution in [0.25, 0.3) is 0 Å². The summed E-state index contributed by atoms with van der Waals surface area (Å²) in [5, 5.41) is 9.38. The number of pyridine rings is 1. The molecule has 0 unspecified atom stereocenters. The second-order valence-corrected chi connectivity index (χ2v) is 9.49. The van der Waals surface area contributed by atoms with Gasteiger partial charge in [-0.25, -0.2) is 19.3 Å². The lowest BCUT2D eigenvalue weighted by Crippen LogP contribution is -2.54. The van der Waals surface area contributed by atoms with Crippen LogP contribution in [-0.2, 0) is 10.3 Å². The lowest BCUT2D eigenvalue weighted by Gasteiger charge is -2.34. The molecule has 16 heteroatoms. The number of rotatable bonds is 4. The van der Waals surface area contributed by atoms with Gasteiger partial charge in [-0.2, -0.15) is 26.3 Å². The largest absolute Gasteiger partial charge is 0.430 e. The highest BCUT2D eigenvalue weighted by atomic mass is 32.2. The van der Waals surface area contributed by atoms with Gasteiger partial charge in [-0.15, -0.1) is 0 Å². The van der Waals surface area contributed by atoms with Gasteiger partial charge in [-0.3, -0.25) is 0 Å². The van der Waals surface area contributed by atoms with Crippen LogP contribution in [0.2, 0.25) is 0 Å². The Labute approximate surface area is 227 Å². The molecular weight excluding hydrogens is 552 g/mol. The number of morpholine rings is 1. The van der Waals surface area contributed by atoms with Crippen LogP contribution in [0.4, 0.5) is 38.1 Å². The summed E-state index contributed by atoms with van der Waals surface area (Å²) in [6, 6.07) is 3.47. The van der Waals surface area contributed by atoms with Gasteiger partial charge in [-0.1, -0.05) is 13.8 Å². The third-order valence-electron chi connectivity index (χ3n) is 5.63. The molecule has 0 atom stereocenters. The molecule has 0 saturated carbocycles. The van der Waals surface area contributed by atoms with Crippen molar-refractivity contribution in [2.24, 2.45) is 0 Å². The third-order valence-corrected chi connectivity index (χ3v) is 6.70. The maximum atomic E-state index is 12.9. The predicted molar refractivity (Wildman–Crippen MR) is 136 cm³/mol. The molecule has 220 valence electrons. The number of ether oxygens (including phenoxy) is 1. The highest BCUT2D eigenvalue weighted by Crippen LogP contribution is 2.49. The average molecular weight is 586 g/mol. The quantitative estimate of drug-likeness (QED) is 0.409. The molecule has 2 fully saturated rings. The molecule has 2 aliphatic heterocycles. The van der Waals surface area contributed by atoms with Crippen LogP contribution in [0.5, 0.6) is 0 Å². The molecule has 0 spiro atoms. The van der Waals surface area contributed by atoms with Crippen molar-refractivity contribution in [1.82, 2.24) is 24.2 Å². The normalized spacial score (nSPS) is 17.5. The molecule has 2 aromatic rings. The molecule has 0 aromatic carbocycles. The summed E-state index contributed by atoms with van der Waals surface area (Å²) >= 11 is 1.45. The molecule has 0 amide bonds. The van der Waals surface area contributed by atoms with E-state index in [0.717, 1.165) is 31.2 Å². The van der Waals surface area contributed by atoms with Crippen LogP contribution in [0.3, 0.4) is 0 Å². The van der Waals surface area contributed by atoms with Gasteiger partial charge < -0.3 is 25.4 Å². The molecule has 9 nitrogen and oxygen atoms in total. The van der Waals surface area contributed by atoms with Gasteiger partial charge in [0.05, 0.1) is 13.2 Å². The van der Waals surface area contributed by atoms with Crippen molar-refractivity contribution < 1.29 is 36.2 Å². The van der Waals surface area contributed by atoms with Crippen molar-refractivity contribution in [3.63, 3.8) is 0 Å². The first-order valence-electron chi connectivity index (χ1n) is 12.2. The van der Waals surface area contributed by atoms with Gasteiger partial charge in [0.2, 0.25) is 5.95 Å². The van der Waals surface area contributed by atoms with Crippen LogP contribution in [0.15, 0.2) is 35.6 Å². The first-order valence-corrected chi connectivity index (χ1v) is 12.9. The maximum Gasteiger partial charge on any atom is 0.430 e. The monoisotopic (exact) mass is 585 g/mol. The molecule has 0 radical (unpaired) electrons. The topological polar surface area (TPSA) is 104 Å². The van der Waals surface area contributed by atoms with Crippen molar-refractivity contribution in [1.29, 1.82) is 0 Å². The maximum absolute atomic E-state index is 12.9. The molecular formula is C23H33F6N7O2S. The van der Waals surface area contributed by atoms with E-state index >= 15 is 0 Å². The van der Waals surface area contributed by atoms with E-state index in [1.807, 2.05) is 24.2 Å². The molecule has 4 heterocycles. The lowest BCUT2D eigenvalue weighted by atomic mass is 9.95. The molecule has 0 aliphatic carbocycles. The summed E-state index contributed by atoms with van der Waals surface area (Å²) in [5.41, 5.74) is -0.998. The zero-order valence-corrected chi connectivity index (χ0v) is 22.7. The number of nitrogens with zero attached hydrogens (tertiary/aromatic N) is 6. The first kappa shape index (κ1) is 32.8. The van der Waals surface area contributed by atoms with Crippen LogP contribution in [-0.4, -0.2) is 101 Å². The minimum absolute atomic E-state index is 0.0238. The number of alkyl halides is 6. The van der Waals surface area contributed by atoms with Crippen molar-refractivity contribution in [2.75, 3.05) is 70.2 Å². The number of likely N-dealkylation sites (N-methyl/N-ethyl adjacent to an activating group) is 1. The number of anilines is 2. The Morgan fingerprint density at radius 1 is 0.846 bits per heavy atom. The fraction of sp³-hybridized carbons (Fsp3) is 0.609. The third kappa shape index (κ3) is 8.79. The van der Waals surface area contributed by atoms with Gasteiger partial charge in [0.15, 0.2) is 0 Å². The second-order valence-electron chi connectivity index (χ2n) is 8.32. The number of piperazine rings is 1. The van der Waals surface area contributed by atoms with E-state index in [1.54, 1.807) is 17.2 Å². The van der Waals surface area contributed by atoms with Gasteiger partial charge in [0, 0.05) is 68.3 Å². The van der Waals surface area contributed by atoms with Crippen LogP contribution >= 0.6 is 11.9 Å². The predicted octanol–water partition coefficient (Wildman–Crippen LogP) is 3.57. The average Bonchev–Trinajstić information content (AvgIpc) is 2.91. The Balaban J connectivity index is 0.000000507. The summed E-state index contributed by atoms with van der Waals surface area (Å²) in [5.74, 6) is 0.372. The minimum Gasteiger partial charge on any atom is -0.384 e. The number of nitrogens with two attached hydrogens (primary N) is 1. The van der Waals surface area contributed by atoms with E-state index in [4.69, 9.17) is 10.5 Å². The molecule has 39 heavy (non-hydrogen) atoms. The summed E-state index contributed by atoms with van der Waals surface area (Å²) in [6.45, 7) is 9.90. The Bertz CT molecular complexity index is 968. The fourth-order valence-corrected chi connectivity index (χ4v) is 4.26. The van der Waals surface area contributed by atoms with Crippen LogP contribution in [0.1, 0.15) is 19.4 Å². The number of nitrogen functional groups attached to an aromatic ring is 1. The van der Waals surface area contributed by atoms with Gasteiger partial charge in [0.25, 0.3) is 5.60 Å². The first-order chi connectivity index (χ1) is 18.3. The molecule has 0 bridgehead atoms.